The Kier molecular flexibility index (Phi) is 13.4. The zero-order valence-corrected chi connectivity index (χ0v) is 11.3. The van der Waals surface area contributed by atoms with E-state index in [-0.39, 0.29) is 0 Å². The van der Waals surface area contributed by atoms with Crippen molar-refractivity contribution in [3.8, 4) is 0 Å². The van der Waals surface area contributed by atoms with Crippen LogP contribution >= 0.6 is 11.8 Å². The van der Waals surface area contributed by atoms with Gasteiger partial charge < -0.3 is 19.9 Å². The number of nitrogens with two attached hydrogens (primary N) is 1. The molecule has 0 saturated carbocycles. The smallest absolute Gasteiger partial charge is 0.0701 e. The van der Waals surface area contributed by atoms with E-state index in [2.05, 4.69) is 6.92 Å². The topological polar surface area (TPSA) is 53.7 Å². The molecule has 5 heteroatoms. The molecule has 0 spiro atoms. The number of rotatable bonds is 12. The van der Waals surface area contributed by atoms with E-state index < -0.39 is 0 Å². The molecule has 0 amide bonds. The monoisotopic (exact) mass is 251 g/mol. The fraction of sp³-hybridized carbons (Fsp3) is 1.00. The maximum atomic E-state index is 5.52. The fourth-order valence-corrected chi connectivity index (χ4v) is 1.88. The van der Waals surface area contributed by atoms with Gasteiger partial charge in [-0.15, -0.1) is 0 Å². The van der Waals surface area contributed by atoms with Crippen molar-refractivity contribution in [2.75, 3.05) is 58.2 Å². The van der Waals surface area contributed by atoms with Crippen molar-refractivity contribution in [2.45, 2.75) is 6.92 Å². The van der Waals surface area contributed by atoms with Gasteiger partial charge in [0.15, 0.2) is 0 Å². The van der Waals surface area contributed by atoms with Crippen LogP contribution in [0.15, 0.2) is 0 Å². The zero-order chi connectivity index (χ0) is 12.1. The van der Waals surface area contributed by atoms with E-state index in [1.54, 1.807) is 7.11 Å². The first kappa shape index (κ1) is 16.2. The summed E-state index contributed by atoms with van der Waals surface area (Å²) in [6.07, 6.45) is 0. The minimum atomic E-state index is 0.599. The Bertz CT molecular complexity index is 138. The van der Waals surface area contributed by atoms with Crippen molar-refractivity contribution in [1.82, 2.24) is 0 Å². The van der Waals surface area contributed by atoms with Gasteiger partial charge in [0.25, 0.3) is 0 Å². The highest BCUT2D eigenvalue weighted by atomic mass is 32.2. The van der Waals surface area contributed by atoms with Gasteiger partial charge in [0, 0.05) is 12.9 Å². The first-order valence-electron chi connectivity index (χ1n) is 5.73. The number of methoxy groups -OCH3 is 1. The average Bonchev–Trinajstić information content (AvgIpc) is 2.31. The lowest BCUT2D eigenvalue weighted by Gasteiger charge is -2.08. The van der Waals surface area contributed by atoms with Crippen LogP contribution in [0.1, 0.15) is 6.92 Å². The maximum Gasteiger partial charge on any atom is 0.0701 e. The van der Waals surface area contributed by atoms with Crippen LogP contribution in [-0.2, 0) is 14.2 Å². The molecule has 0 saturated heterocycles. The Morgan fingerprint density at radius 1 is 1.06 bits per heavy atom. The van der Waals surface area contributed by atoms with Crippen LogP contribution in [-0.4, -0.2) is 58.2 Å². The largest absolute Gasteiger partial charge is 0.382 e. The molecular formula is C11H25NO3S. The first-order valence-corrected chi connectivity index (χ1v) is 6.89. The summed E-state index contributed by atoms with van der Waals surface area (Å²) < 4.78 is 15.5. The second-order valence-corrected chi connectivity index (χ2v) is 4.78. The van der Waals surface area contributed by atoms with Gasteiger partial charge in [0.2, 0.25) is 0 Å². The van der Waals surface area contributed by atoms with Gasteiger partial charge in [-0.05, 0) is 18.2 Å². The predicted molar refractivity (Wildman–Crippen MR) is 69.1 cm³/mol. The number of hydrogen-bond acceptors (Lipinski definition) is 5. The third-order valence-corrected chi connectivity index (χ3v) is 3.24. The molecule has 1 unspecified atom stereocenters. The molecule has 0 aromatic carbocycles. The van der Waals surface area contributed by atoms with E-state index in [0.717, 1.165) is 24.7 Å². The summed E-state index contributed by atoms with van der Waals surface area (Å²) in [6, 6.07) is 0. The lowest BCUT2D eigenvalue weighted by atomic mass is 10.2. The molecule has 16 heavy (non-hydrogen) atoms. The van der Waals surface area contributed by atoms with Crippen molar-refractivity contribution in [3.63, 3.8) is 0 Å². The van der Waals surface area contributed by atoms with E-state index >= 15 is 0 Å². The molecule has 0 aliphatic carbocycles. The molecule has 1 atom stereocenters. The average molecular weight is 251 g/mol. The summed E-state index contributed by atoms with van der Waals surface area (Å²) in [6.45, 7) is 6.31. The molecule has 0 aromatic heterocycles. The van der Waals surface area contributed by atoms with Crippen LogP contribution in [0.3, 0.4) is 0 Å². The van der Waals surface area contributed by atoms with Gasteiger partial charge in [0.1, 0.15) is 0 Å². The van der Waals surface area contributed by atoms with E-state index in [1.165, 1.54) is 0 Å². The molecular weight excluding hydrogens is 226 g/mol. The molecule has 4 nitrogen and oxygen atoms in total. The van der Waals surface area contributed by atoms with Crippen LogP contribution in [0.4, 0.5) is 0 Å². The quantitative estimate of drug-likeness (QED) is 0.524. The molecule has 0 radical (unpaired) electrons. The van der Waals surface area contributed by atoms with Crippen molar-refractivity contribution >= 4 is 11.8 Å². The molecule has 0 fully saturated rings. The van der Waals surface area contributed by atoms with Crippen LogP contribution in [0, 0.1) is 5.92 Å². The van der Waals surface area contributed by atoms with Gasteiger partial charge >= 0.3 is 0 Å². The van der Waals surface area contributed by atoms with Crippen molar-refractivity contribution in [2.24, 2.45) is 11.7 Å². The van der Waals surface area contributed by atoms with E-state index in [9.17, 15) is 0 Å². The lowest BCUT2D eigenvalue weighted by molar-refractivity contribution is 0.0286. The molecule has 0 heterocycles. The fourth-order valence-electron chi connectivity index (χ4n) is 0.935. The van der Waals surface area contributed by atoms with Gasteiger partial charge in [0.05, 0.1) is 33.0 Å². The van der Waals surface area contributed by atoms with Crippen LogP contribution < -0.4 is 5.73 Å². The van der Waals surface area contributed by atoms with E-state index in [4.69, 9.17) is 19.9 Å². The third kappa shape index (κ3) is 12.3. The minimum Gasteiger partial charge on any atom is -0.382 e. The predicted octanol–water partition coefficient (Wildman–Crippen LogP) is 0.994. The summed E-state index contributed by atoms with van der Waals surface area (Å²) >= 11 is 1.89. The van der Waals surface area contributed by atoms with E-state index in [1.807, 2.05) is 11.8 Å². The van der Waals surface area contributed by atoms with Gasteiger partial charge in [-0.25, -0.2) is 0 Å². The Morgan fingerprint density at radius 3 is 2.31 bits per heavy atom. The number of ether oxygens (including phenoxy) is 3. The standard InChI is InChI=1S/C11H25NO3S/c1-11(9-12)10-16-8-7-15-6-5-14-4-3-13-2/h11H,3-10,12H2,1-2H3. The Balaban J connectivity index is 2.93. The van der Waals surface area contributed by atoms with Gasteiger partial charge in [-0.3, -0.25) is 0 Å². The highest BCUT2D eigenvalue weighted by Gasteiger charge is 1.98. The Morgan fingerprint density at radius 2 is 1.69 bits per heavy atom. The molecule has 2 N–H and O–H groups in total. The number of thioether (sulfide) groups is 1. The third-order valence-electron chi connectivity index (χ3n) is 1.98. The molecule has 98 valence electrons. The van der Waals surface area contributed by atoms with Crippen LogP contribution in [0.25, 0.3) is 0 Å². The second kappa shape index (κ2) is 13.3. The lowest BCUT2D eigenvalue weighted by Crippen LogP contribution is -2.14. The molecule has 0 aromatic rings. The van der Waals surface area contributed by atoms with Crippen LogP contribution in [0.2, 0.25) is 0 Å². The van der Waals surface area contributed by atoms with Crippen LogP contribution in [0.5, 0.6) is 0 Å². The van der Waals surface area contributed by atoms with Crippen molar-refractivity contribution in [1.29, 1.82) is 0 Å². The summed E-state index contributed by atoms with van der Waals surface area (Å²) in [5.74, 6) is 2.74. The molecule has 0 aliphatic heterocycles. The van der Waals surface area contributed by atoms with Crippen molar-refractivity contribution in [3.05, 3.63) is 0 Å². The Labute approximate surface area is 103 Å². The highest BCUT2D eigenvalue weighted by molar-refractivity contribution is 7.99. The first-order chi connectivity index (χ1) is 7.81. The summed E-state index contributed by atoms with van der Waals surface area (Å²) in [5, 5.41) is 0. The molecule has 0 aliphatic rings. The normalized spacial score (nSPS) is 12.9. The van der Waals surface area contributed by atoms with E-state index in [0.29, 0.717) is 32.3 Å². The second-order valence-electron chi connectivity index (χ2n) is 3.63. The molecule has 0 bridgehead atoms. The Hall–Kier alpha value is 0.190. The van der Waals surface area contributed by atoms with Gasteiger partial charge in [-0.2, -0.15) is 11.8 Å². The summed E-state index contributed by atoms with van der Waals surface area (Å²) in [4.78, 5) is 0. The SMILES string of the molecule is COCCOCCOCCSCC(C)CN. The summed E-state index contributed by atoms with van der Waals surface area (Å²) in [7, 11) is 1.67. The molecule has 0 rings (SSSR count). The summed E-state index contributed by atoms with van der Waals surface area (Å²) in [5.41, 5.74) is 5.52. The number of hydrogen-bond donors (Lipinski definition) is 1. The highest BCUT2D eigenvalue weighted by Crippen LogP contribution is 2.06. The van der Waals surface area contributed by atoms with Crippen molar-refractivity contribution < 1.29 is 14.2 Å². The zero-order valence-electron chi connectivity index (χ0n) is 10.4. The minimum absolute atomic E-state index is 0.599. The van der Waals surface area contributed by atoms with Gasteiger partial charge in [-0.1, -0.05) is 6.92 Å². The maximum absolute atomic E-state index is 5.52.